The third-order valence-electron chi connectivity index (χ3n) is 4.09. The van der Waals surface area contributed by atoms with Gasteiger partial charge in [-0.2, -0.15) is 13.2 Å². The molecule has 0 aromatic heterocycles. The molecule has 20 heavy (non-hydrogen) atoms. The molecule has 1 saturated heterocycles. The molecule has 2 nitrogen and oxygen atoms in total. The summed E-state index contributed by atoms with van der Waals surface area (Å²) in [7, 11) is 0. The second kappa shape index (κ2) is 5.28. The summed E-state index contributed by atoms with van der Waals surface area (Å²) < 4.78 is 38.5. The van der Waals surface area contributed by atoms with E-state index in [0.717, 1.165) is 37.6 Å². The molecule has 1 aromatic carbocycles. The summed E-state index contributed by atoms with van der Waals surface area (Å²) in [6.45, 7) is 6.20. The van der Waals surface area contributed by atoms with Gasteiger partial charge in [0.15, 0.2) is 0 Å². The highest BCUT2D eigenvalue weighted by Crippen LogP contribution is 2.37. The maximum Gasteiger partial charge on any atom is 0.416 e. The molecule has 5 heteroatoms. The van der Waals surface area contributed by atoms with Crippen molar-refractivity contribution >= 4 is 5.69 Å². The van der Waals surface area contributed by atoms with E-state index in [-0.39, 0.29) is 12.0 Å². The number of nitrogens with two attached hydrogens (primary N) is 1. The third-order valence-corrected chi connectivity index (χ3v) is 4.09. The van der Waals surface area contributed by atoms with E-state index in [0.29, 0.717) is 5.69 Å². The summed E-state index contributed by atoms with van der Waals surface area (Å²) >= 11 is 0. The zero-order chi connectivity index (χ0) is 15.0. The SMILES string of the molecule is CC1(C)CCN(c2cc(C(F)(F)F)ccc2CN)CC1. The van der Waals surface area contributed by atoms with Gasteiger partial charge < -0.3 is 10.6 Å². The number of benzene rings is 1. The summed E-state index contributed by atoms with van der Waals surface area (Å²) in [4.78, 5) is 2.03. The minimum atomic E-state index is -4.31. The second-order valence-electron chi connectivity index (χ2n) is 6.20. The number of halogens is 3. The van der Waals surface area contributed by atoms with Gasteiger partial charge in [-0.3, -0.25) is 0 Å². The van der Waals surface area contributed by atoms with Gasteiger partial charge in [-0.15, -0.1) is 0 Å². The lowest BCUT2D eigenvalue weighted by Crippen LogP contribution is -2.38. The Morgan fingerprint density at radius 2 is 1.80 bits per heavy atom. The molecular weight excluding hydrogens is 265 g/mol. The molecule has 1 heterocycles. The van der Waals surface area contributed by atoms with Crippen LogP contribution in [0.1, 0.15) is 37.8 Å². The van der Waals surface area contributed by atoms with Gasteiger partial charge in [0.05, 0.1) is 5.56 Å². The number of hydrogen-bond donors (Lipinski definition) is 1. The van der Waals surface area contributed by atoms with Crippen molar-refractivity contribution in [3.05, 3.63) is 29.3 Å². The van der Waals surface area contributed by atoms with Gasteiger partial charge in [0.2, 0.25) is 0 Å². The largest absolute Gasteiger partial charge is 0.416 e. The number of nitrogens with zero attached hydrogens (tertiary/aromatic N) is 1. The van der Waals surface area contributed by atoms with Crippen LogP contribution in [0.4, 0.5) is 18.9 Å². The Morgan fingerprint density at radius 3 is 2.30 bits per heavy atom. The number of anilines is 1. The lowest BCUT2D eigenvalue weighted by Gasteiger charge is -2.39. The van der Waals surface area contributed by atoms with Crippen LogP contribution in [0.2, 0.25) is 0 Å². The van der Waals surface area contributed by atoms with E-state index in [1.165, 1.54) is 12.1 Å². The van der Waals surface area contributed by atoms with Crippen molar-refractivity contribution in [1.29, 1.82) is 0 Å². The zero-order valence-electron chi connectivity index (χ0n) is 11.9. The van der Waals surface area contributed by atoms with E-state index >= 15 is 0 Å². The van der Waals surface area contributed by atoms with E-state index in [4.69, 9.17) is 5.73 Å². The fraction of sp³-hybridized carbons (Fsp3) is 0.600. The van der Waals surface area contributed by atoms with Gasteiger partial charge in [-0.05, 0) is 36.0 Å². The third kappa shape index (κ3) is 3.26. The lowest BCUT2D eigenvalue weighted by molar-refractivity contribution is -0.137. The van der Waals surface area contributed by atoms with Crippen LogP contribution in [-0.2, 0) is 12.7 Å². The molecule has 0 atom stereocenters. The molecule has 2 N–H and O–H groups in total. The summed E-state index contributed by atoms with van der Waals surface area (Å²) in [6, 6.07) is 3.85. The highest BCUT2D eigenvalue weighted by molar-refractivity contribution is 5.56. The van der Waals surface area contributed by atoms with Gasteiger partial charge in [0, 0.05) is 25.3 Å². The molecule has 0 amide bonds. The van der Waals surface area contributed by atoms with Crippen LogP contribution in [-0.4, -0.2) is 13.1 Å². The van der Waals surface area contributed by atoms with Crippen LogP contribution < -0.4 is 10.6 Å². The van der Waals surface area contributed by atoms with Crippen molar-refractivity contribution in [3.63, 3.8) is 0 Å². The van der Waals surface area contributed by atoms with Crippen LogP contribution in [0.3, 0.4) is 0 Å². The van der Waals surface area contributed by atoms with Crippen molar-refractivity contribution in [3.8, 4) is 0 Å². The van der Waals surface area contributed by atoms with Crippen molar-refractivity contribution in [2.75, 3.05) is 18.0 Å². The fourth-order valence-corrected chi connectivity index (χ4v) is 2.56. The van der Waals surface area contributed by atoms with Crippen LogP contribution in [0.5, 0.6) is 0 Å². The topological polar surface area (TPSA) is 29.3 Å². The smallest absolute Gasteiger partial charge is 0.371 e. The fourth-order valence-electron chi connectivity index (χ4n) is 2.56. The highest BCUT2D eigenvalue weighted by Gasteiger charge is 2.32. The summed E-state index contributed by atoms with van der Waals surface area (Å²) in [6.07, 6.45) is -2.35. The zero-order valence-corrected chi connectivity index (χ0v) is 11.9. The van der Waals surface area contributed by atoms with Crippen LogP contribution in [0, 0.1) is 5.41 Å². The van der Waals surface area contributed by atoms with Crippen LogP contribution in [0.15, 0.2) is 18.2 Å². The monoisotopic (exact) mass is 286 g/mol. The van der Waals surface area contributed by atoms with Crippen molar-refractivity contribution < 1.29 is 13.2 Å². The van der Waals surface area contributed by atoms with Crippen molar-refractivity contribution in [1.82, 2.24) is 0 Å². The molecule has 0 radical (unpaired) electrons. The molecule has 0 aliphatic carbocycles. The molecule has 1 aliphatic heterocycles. The van der Waals surface area contributed by atoms with Crippen molar-refractivity contribution in [2.45, 2.75) is 39.4 Å². The number of hydrogen-bond acceptors (Lipinski definition) is 2. The predicted octanol–water partition coefficient (Wildman–Crippen LogP) is 3.79. The minimum Gasteiger partial charge on any atom is -0.371 e. The Labute approximate surface area is 117 Å². The average Bonchev–Trinajstić information content (AvgIpc) is 2.37. The first kappa shape index (κ1) is 15.2. The van der Waals surface area contributed by atoms with Crippen LogP contribution in [0.25, 0.3) is 0 Å². The second-order valence-corrected chi connectivity index (χ2v) is 6.20. The molecule has 0 saturated carbocycles. The van der Waals surface area contributed by atoms with Gasteiger partial charge >= 0.3 is 6.18 Å². The predicted molar refractivity (Wildman–Crippen MR) is 74.6 cm³/mol. The van der Waals surface area contributed by atoms with E-state index in [2.05, 4.69) is 13.8 Å². The Hall–Kier alpha value is -1.23. The molecule has 2 rings (SSSR count). The standard InChI is InChI=1S/C15H21F3N2/c1-14(2)5-7-20(8-6-14)13-9-12(15(16,17)18)4-3-11(13)10-19/h3-4,9H,5-8,10,19H2,1-2H3. The summed E-state index contributed by atoms with van der Waals surface area (Å²) in [5.74, 6) is 0. The first-order valence-electron chi connectivity index (χ1n) is 6.88. The molecule has 1 aliphatic rings. The van der Waals surface area contributed by atoms with E-state index in [9.17, 15) is 13.2 Å². The van der Waals surface area contributed by atoms with Gasteiger partial charge in [0.1, 0.15) is 0 Å². The maximum absolute atomic E-state index is 12.8. The first-order valence-corrected chi connectivity index (χ1v) is 6.88. The quantitative estimate of drug-likeness (QED) is 0.896. The Balaban J connectivity index is 2.30. The lowest BCUT2D eigenvalue weighted by atomic mass is 9.82. The molecule has 0 unspecified atom stereocenters. The van der Waals surface area contributed by atoms with Gasteiger partial charge in [-0.1, -0.05) is 19.9 Å². The van der Waals surface area contributed by atoms with E-state index in [1.54, 1.807) is 0 Å². The van der Waals surface area contributed by atoms with E-state index in [1.807, 2.05) is 4.90 Å². The average molecular weight is 286 g/mol. The van der Waals surface area contributed by atoms with Gasteiger partial charge in [-0.25, -0.2) is 0 Å². The first-order chi connectivity index (χ1) is 9.23. The van der Waals surface area contributed by atoms with Crippen LogP contribution >= 0.6 is 0 Å². The Morgan fingerprint density at radius 1 is 1.20 bits per heavy atom. The molecule has 112 valence electrons. The molecule has 0 spiro atoms. The summed E-state index contributed by atoms with van der Waals surface area (Å²) in [5, 5.41) is 0. The Kier molecular flexibility index (Phi) is 4.00. The summed E-state index contributed by atoms with van der Waals surface area (Å²) in [5.41, 5.74) is 6.74. The van der Waals surface area contributed by atoms with E-state index < -0.39 is 11.7 Å². The normalized spacial score (nSPS) is 19.2. The number of rotatable bonds is 2. The maximum atomic E-state index is 12.8. The molecular formula is C15H21F3N2. The number of piperidine rings is 1. The highest BCUT2D eigenvalue weighted by atomic mass is 19.4. The molecule has 1 aromatic rings. The minimum absolute atomic E-state index is 0.257. The molecule has 0 bridgehead atoms. The molecule has 1 fully saturated rings. The Bertz CT molecular complexity index is 470. The van der Waals surface area contributed by atoms with Gasteiger partial charge in [0.25, 0.3) is 0 Å². The van der Waals surface area contributed by atoms with Crippen molar-refractivity contribution in [2.24, 2.45) is 11.1 Å². The number of alkyl halides is 3.